The number of ether oxygens (including phenoxy) is 3. The molecule has 2 atom stereocenters. The first kappa shape index (κ1) is 32.7. The minimum absolute atomic E-state index is 0.0110. The van der Waals surface area contributed by atoms with Crippen LogP contribution >= 0.6 is 23.2 Å². The molecule has 39 heavy (non-hydrogen) atoms. The maximum Gasteiger partial charge on any atom is 0.471 e. The molecule has 0 bridgehead atoms. The molecule has 2 heterocycles. The summed E-state index contributed by atoms with van der Waals surface area (Å²) in [5.74, 6) is -2.08. The lowest BCUT2D eigenvalue weighted by Crippen LogP contribution is -2.49. The number of rotatable bonds is 12. The lowest BCUT2D eigenvalue weighted by Gasteiger charge is -2.36. The van der Waals surface area contributed by atoms with Crippen molar-refractivity contribution in [3.05, 3.63) is 52.2 Å². The molecule has 0 radical (unpaired) electrons. The topological polar surface area (TPSA) is 78.0 Å². The fourth-order valence-electron chi connectivity index (χ4n) is 3.95. The van der Waals surface area contributed by atoms with Gasteiger partial charge in [0.2, 0.25) is 5.88 Å². The summed E-state index contributed by atoms with van der Waals surface area (Å²) in [6, 6.07) is 2.46. The Labute approximate surface area is 236 Å². The monoisotopic (exact) mass is 592 g/mol. The van der Waals surface area contributed by atoms with Gasteiger partial charge in [0.1, 0.15) is 6.61 Å². The first-order valence-electron chi connectivity index (χ1n) is 12.5. The van der Waals surface area contributed by atoms with Crippen LogP contribution < -0.4 is 4.74 Å². The first-order chi connectivity index (χ1) is 18.4. The summed E-state index contributed by atoms with van der Waals surface area (Å²) in [5, 5.41) is 0.557. The zero-order valence-electron chi connectivity index (χ0n) is 22.3. The minimum Gasteiger partial charge on any atom is -0.475 e. The Morgan fingerprint density at radius 3 is 2.54 bits per heavy atom. The third-order valence-corrected chi connectivity index (χ3v) is 6.44. The van der Waals surface area contributed by atoms with E-state index >= 15 is 0 Å². The summed E-state index contributed by atoms with van der Waals surface area (Å²) in [7, 11) is 0. The quantitative estimate of drug-likeness (QED) is 0.127. The predicted octanol–water partition coefficient (Wildman–Crippen LogP) is 6.06. The molecular formula is C27H33Cl2F3N2O5. The maximum atomic E-state index is 13.1. The van der Waals surface area contributed by atoms with Crippen molar-refractivity contribution in [1.82, 2.24) is 9.88 Å². The number of aromatic nitrogens is 1. The van der Waals surface area contributed by atoms with E-state index in [1.807, 2.05) is 26.0 Å². The minimum atomic E-state index is -5.05. The highest BCUT2D eigenvalue weighted by Gasteiger charge is 2.46. The summed E-state index contributed by atoms with van der Waals surface area (Å²) < 4.78 is 55.8. The zero-order chi connectivity index (χ0) is 29.2. The Balaban J connectivity index is 2.10. The van der Waals surface area contributed by atoms with Crippen molar-refractivity contribution in [3.8, 4) is 5.88 Å². The van der Waals surface area contributed by atoms with Crippen molar-refractivity contribution in [2.24, 2.45) is 0 Å². The van der Waals surface area contributed by atoms with E-state index in [9.17, 15) is 22.8 Å². The maximum absolute atomic E-state index is 13.1. The van der Waals surface area contributed by atoms with Crippen LogP contribution in [-0.4, -0.2) is 72.3 Å². The van der Waals surface area contributed by atoms with Gasteiger partial charge in [0.05, 0.1) is 31.4 Å². The van der Waals surface area contributed by atoms with Gasteiger partial charge in [0, 0.05) is 29.2 Å². The lowest BCUT2D eigenvalue weighted by molar-refractivity contribution is -0.187. The van der Waals surface area contributed by atoms with Crippen LogP contribution in [0.2, 0.25) is 0 Å². The third-order valence-electron chi connectivity index (χ3n) is 5.93. The number of halogens is 5. The number of esters is 1. The van der Waals surface area contributed by atoms with Crippen LogP contribution in [-0.2, 0) is 19.1 Å². The zero-order valence-corrected chi connectivity index (χ0v) is 23.8. The fourth-order valence-corrected chi connectivity index (χ4v) is 4.58. The predicted molar refractivity (Wildman–Crippen MR) is 144 cm³/mol. The molecule has 0 saturated carbocycles. The van der Waals surface area contributed by atoms with Gasteiger partial charge in [-0.15, -0.1) is 11.6 Å². The second-order valence-electron chi connectivity index (χ2n) is 8.79. The van der Waals surface area contributed by atoms with Crippen molar-refractivity contribution >= 4 is 40.7 Å². The molecule has 0 N–H and O–H groups in total. The van der Waals surface area contributed by atoms with Crippen LogP contribution in [0.4, 0.5) is 13.2 Å². The number of allylic oxidation sites excluding steroid dienone is 3. The van der Waals surface area contributed by atoms with E-state index in [4.69, 9.17) is 37.4 Å². The normalized spacial score (nSPS) is 17.8. The van der Waals surface area contributed by atoms with Gasteiger partial charge in [-0.2, -0.15) is 13.2 Å². The second kappa shape index (κ2) is 15.3. The van der Waals surface area contributed by atoms with E-state index < -0.39 is 30.6 Å². The van der Waals surface area contributed by atoms with Gasteiger partial charge in [-0.05, 0) is 56.9 Å². The number of carbonyl (C=O) groups is 2. The molecule has 1 aromatic heterocycles. The van der Waals surface area contributed by atoms with Crippen LogP contribution in [0.25, 0.3) is 5.57 Å². The van der Waals surface area contributed by atoms with Crippen molar-refractivity contribution in [2.75, 3.05) is 32.2 Å². The van der Waals surface area contributed by atoms with Crippen LogP contribution in [0, 0.1) is 0 Å². The highest BCUT2D eigenvalue weighted by molar-refractivity contribution is 6.30. The van der Waals surface area contributed by atoms with Gasteiger partial charge < -0.3 is 19.1 Å². The van der Waals surface area contributed by atoms with Crippen molar-refractivity contribution < 1.29 is 37.0 Å². The molecule has 1 amide bonds. The summed E-state index contributed by atoms with van der Waals surface area (Å²) in [4.78, 5) is 29.4. The Kier molecular flexibility index (Phi) is 12.8. The number of hydrogen-bond donors (Lipinski definition) is 0. The largest absolute Gasteiger partial charge is 0.475 e. The van der Waals surface area contributed by atoms with E-state index in [0.29, 0.717) is 39.2 Å². The molecule has 1 aromatic rings. The molecular weight excluding hydrogens is 560 g/mol. The molecule has 12 heteroatoms. The van der Waals surface area contributed by atoms with Crippen molar-refractivity contribution in [3.63, 3.8) is 0 Å². The molecule has 1 aliphatic rings. The average molecular weight is 593 g/mol. The van der Waals surface area contributed by atoms with Crippen LogP contribution in [0.1, 0.15) is 46.1 Å². The molecule has 0 fully saturated rings. The van der Waals surface area contributed by atoms with Gasteiger partial charge in [0.15, 0.2) is 0 Å². The Morgan fingerprint density at radius 2 is 1.97 bits per heavy atom. The van der Waals surface area contributed by atoms with Crippen LogP contribution in [0.3, 0.4) is 0 Å². The van der Waals surface area contributed by atoms with Crippen LogP contribution in [0.15, 0.2) is 46.7 Å². The number of hydrogen-bond acceptors (Lipinski definition) is 6. The smallest absolute Gasteiger partial charge is 0.471 e. The van der Waals surface area contributed by atoms with E-state index in [0.717, 1.165) is 5.57 Å². The number of pyridine rings is 1. The fraction of sp³-hybridized carbons (Fsp3) is 0.519. The van der Waals surface area contributed by atoms with Gasteiger partial charge >= 0.3 is 18.1 Å². The Hall–Kier alpha value is -2.56. The summed E-state index contributed by atoms with van der Waals surface area (Å²) in [6.07, 6.45) is 0.468. The summed E-state index contributed by atoms with van der Waals surface area (Å²) >= 11 is 12.1. The number of alkyl halides is 4. The van der Waals surface area contributed by atoms with Crippen LogP contribution in [0.5, 0.6) is 5.88 Å². The van der Waals surface area contributed by atoms with Gasteiger partial charge in [0.25, 0.3) is 0 Å². The first-order valence-corrected chi connectivity index (χ1v) is 13.4. The van der Waals surface area contributed by atoms with Gasteiger partial charge in [-0.1, -0.05) is 30.2 Å². The van der Waals surface area contributed by atoms with E-state index in [1.165, 1.54) is 13.1 Å². The highest BCUT2D eigenvalue weighted by atomic mass is 35.5. The lowest BCUT2D eigenvalue weighted by atomic mass is 9.90. The third kappa shape index (κ3) is 9.54. The molecule has 1 aliphatic heterocycles. The summed E-state index contributed by atoms with van der Waals surface area (Å²) in [5.41, 5.74) is 1.92. The molecule has 0 saturated heterocycles. The molecule has 7 nitrogen and oxygen atoms in total. The average Bonchev–Trinajstić information content (AvgIpc) is 2.88. The second-order valence-corrected chi connectivity index (χ2v) is 9.54. The summed E-state index contributed by atoms with van der Waals surface area (Å²) in [6.45, 7) is 6.91. The van der Waals surface area contributed by atoms with E-state index in [-0.39, 0.29) is 37.9 Å². The van der Waals surface area contributed by atoms with E-state index in [2.05, 4.69) is 4.98 Å². The SMILES string of the molecule is CCOC(=O)C1=C(c2ccc(OCCOC(CC)C(Cl)=CC(C)=CCCl)nc2)CC(C)N(C(=O)C(F)(F)F)C1. The number of amides is 1. The number of nitrogens with zero attached hydrogens (tertiary/aromatic N) is 2. The van der Waals surface area contributed by atoms with Crippen molar-refractivity contribution in [1.29, 1.82) is 0 Å². The van der Waals surface area contributed by atoms with Crippen molar-refractivity contribution in [2.45, 2.75) is 58.9 Å². The highest BCUT2D eigenvalue weighted by Crippen LogP contribution is 2.34. The Morgan fingerprint density at radius 1 is 1.26 bits per heavy atom. The molecule has 0 spiro atoms. The Bertz CT molecular complexity index is 1090. The molecule has 216 valence electrons. The number of carbonyl (C=O) groups excluding carboxylic acids is 2. The van der Waals surface area contributed by atoms with Gasteiger partial charge in [-0.3, -0.25) is 4.79 Å². The standard InChI is InChI=1S/C27H33Cl2F3N2O5/c1-5-23(22(29)13-17(3)9-10-28)38-11-12-39-24-8-7-19(15-33-24)20-14-18(4)34(26(36)27(30,31)32)16-21(20)25(35)37-6-2/h7-9,13,15,18,23H,5-6,10-12,14,16H2,1-4H3. The molecule has 0 aliphatic carbocycles. The molecule has 2 rings (SSSR count). The van der Waals surface area contributed by atoms with E-state index in [1.54, 1.807) is 19.1 Å². The molecule has 0 aromatic carbocycles. The van der Waals surface area contributed by atoms with Gasteiger partial charge in [-0.25, -0.2) is 9.78 Å². The molecule has 2 unspecified atom stereocenters.